The van der Waals surface area contributed by atoms with Gasteiger partial charge in [-0.05, 0) is 19.3 Å². The van der Waals surface area contributed by atoms with Crippen molar-refractivity contribution in [1.29, 1.82) is 0 Å². The fourth-order valence-electron chi connectivity index (χ4n) is 2.00. The third kappa shape index (κ3) is 5.33. The molecule has 0 spiro atoms. The Morgan fingerprint density at radius 1 is 1.40 bits per heavy atom. The zero-order valence-corrected chi connectivity index (χ0v) is 13.4. The van der Waals surface area contributed by atoms with E-state index in [1.54, 1.807) is 7.11 Å². The van der Waals surface area contributed by atoms with Gasteiger partial charge in [0.1, 0.15) is 5.82 Å². The molecule has 0 aliphatic heterocycles. The van der Waals surface area contributed by atoms with Gasteiger partial charge in [-0.3, -0.25) is 0 Å². The number of anilines is 2. The summed E-state index contributed by atoms with van der Waals surface area (Å²) in [6.07, 6.45) is 2.95. The molecule has 0 saturated carbocycles. The predicted molar refractivity (Wildman–Crippen MR) is 84.5 cm³/mol. The molecule has 20 heavy (non-hydrogen) atoms. The molecule has 0 unspecified atom stereocenters. The highest BCUT2D eigenvalue weighted by molar-refractivity contribution is 5.49. The Morgan fingerprint density at radius 2 is 2.15 bits per heavy atom. The smallest absolute Gasteiger partial charge is 0.224 e. The third-order valence-electron chi connectivity index (χ3n) is 2.93. The molecule has 0 bridgehead atoms. The van der Waals surface area contributed by atoms with Crippen LogP contribution in [0.3, 0.4) is 0 Å². The van der Waals surface area contributed by atoms with Gasteiger partial charge in [0.15, 0.2) is 0 Å². The standard InChI is InChI=1S/C15H28N4O/c1-6-7-16-15-17-10-13(4)14(18-15)19(8-9-20-5)11-12(2)3/h10,12H,6-9,11H2,1-5H3,(H,16,17,18). The summed E-state index contributed by atoms with van der Waals surface area (Å²) in [6, 6.07) is 0. The Labute approximate surface area is 122 Å². The van der Waals surface area contributed by atoms with Crippen LogP contribution in [0.25, 0.3) is 0 Å². The number of aryl methyl sites for hydroxylation is 1. The van der Waals surface area contributed by atoms with Crippen LogP contribution in [0.15, 0.2) is 6.20 Å². The highest BCUT2D eigenvalue weighted by atomic mass is 16.5. The van der Waals surface area contributed by atoms with E-state index in [2.05, 4.69) is 47.9 Å². The van der Waals surface area contributed by atoms with Gasteiger partial charge in [0.25, 0.3) is 0 Å². The average Bonchev–Trinajstić information content (AvgIpc) is 2.42. The molecule has 1 heterocycles. The molecular weight excluding hydrogens is 252 g/mol. The summed E-state index contributed by atoms with van der Waals surface area (Å²) in [5.41, 5.74) is 1.10. The first-order valence-corrected chi connectivity index (χ1v) is 7.39. The van der Waals surface area contributed by atoms with Crippen LogP contribution >= 0.6 is 0 Å². The van der Waals surface area contributed by atoms with Crippen LogP contribution in [0, 0.1) is 12.8 Å². The van der Waals surface area contributed by atoms with E-state index >= 15 is 0 Å². The highest BCUT2D eigenvalue weighted by Crippen LogP contribution is 2.19. The van der Waals surface area contributed by atoms with Crippen molar-refractivity contribution < 1.29 is 4.74 Å². The minimum Gasteiger partial charge on any atom is -0.383 e. The van der Waals surface area contributed by atoms with Crippen molar-refractivity contribution in [2.75, 3.05) is 43.6 Å². The van der Waals surface area contributed by atoms with Crippen molar-refractivity contribution in [2.45, 2.75) is 34.1 Å². The van der Waals surface area contributed by atoms with Gasteiger partial charge < -0.3 is 15.0 Å². The Morgan fingerprint density at radius 3 is 2.75 bits per heavy atom. The van der Waals surface area contributed by atoms with E-state index in [1.807, 2.05) is 6.20 Å². The maximum absolute atomic E-state index is 5.21. The van der Waals surface area contributed by atoms with E-state index in [0.717, 1.165) is 37.4 Å². The lowest BCUT2D eigenvalue weighted by atomic mass is 10.2. The zero-order valence-electron chi connectivity index (χ0n) is 13.4. The van der Waals surface area contributed by atoms with Gasteiger partial charge in [0.05, 0.1) is 6.61 Å². The summed E-state index contributed by atoms with van der Waals surface area (Å²) in [4.78, 5) is 11.3. The minimum absolute atomic E-state index is 0.577. The second-order valence-corrected chi connectivity index (χ2v) is 5.46. The van der Waals surface area contributed by atoms with Crippen LogP contribution in [0.2, 0.25) is 0 Å². The molecule has 1 aromatic heterocycles. The van der Waals surface area contributed by atoms with Gasteiger partial charge in [-0.2, -0.15) is 4.98 Å². The lowest BCUT2D eigenvalue weighted by Crippen LogP contribution is -2.32. The van der Waals surface area contributed by atoms with Gasteiger partial charge in [-0.1, -0.05) is 20.8 Å². The Bertz CT molecular complexity index is 395. The lowest BCUT2D eigenvalue weighted by Gasteiger charge is -2.27. The molecule has 0 atom stereocenters. The normalized spacial score (nSPS) is 10.9. The topological polar surface area (TPSA) is 50.3 Å². The molecule has 0 fully saturated rings. The van der Waals surface area contributed by atoms with Gasteiger partial charge in [0.2, 0.25) is 5.95 Å². The summed E-state index contributed by atoms with van der Waals surface area (Å²) in [5, 5.41) is 3.25. The fourth-order valence-corrected chi connectivity index (χ4v) is 2.00. The molecule has 0 saturated heterocycles. The summed E-state index contributed by atoms with van der Waals surface area (Å²) >= 11 is 0. The third-order valence-corrected chi connectivity index (χ3v) is 2.93. The number of hydrogen-bond acceptors (Lipinski definition) is 5. The first kappa shape index (κ1) is 16.7. The van der Waals surface area contributed by atoms with Crippen molar-refractivity contribution in [3.63, 3.8) is 0 Å². The van der Waals surface area contributed by atoms with Crippen LogP contribution in [0.1, 0.15) is 32.8 Å². The molecule has 0 aliphatic rings. The Kier molecular flexibility index (Phi) is 7.30. The second-order valence-electron chi connectivity index (χ2n) is 5.46. The van der Waals surface area contributed by atoms with Gasteiger partial charge in [-0.25, -0.2) is 4.98 Å². The average molecular weight is 280 g/mol. The summed E-state index contributed by atoms with van der Waals surface area (Å²) in [6.45, 7) is 12.0. The highest BCUT2D eigenvalue weighted by Gasteiger charge is 2.13. The molecule has 114 valence electrons. The summed E-state index contributed by atoms with van der Waals surface area (Å²) < 4.78 is 5.21. The maximum Gasteiger partial charge on any atom is 0.224 e. The molecule has 1 aromatic rings. The number of ether oxygens (including phenoxy) is 1. The van der Waals surface area contributed by atoms with E-state index in [4.69, 9.17) is 4.74 Å². The molecule has 0 radical (unpaired) electrons. The van der Waals surface area contributed by atoms with Crippen LogP contribution in [-0.2, 0) is 4.74 Å². The van der Waals surface area contributed by atoms with E-state index in [-0.39, 0.29) is 0 Å². The Hall–Kier alpha value is -1.36. The van der Waals surface area contributed by atoms with Crippen LogP contribution in [0.5, 0.6) is 0 Å². The largest absolute Gasteiger partial charge is 0.383 e. The molecule has 5 nitrogen and oxygen atoms in total. The fraction of sp³-hybridized carbons (Fsp3) is 0.733. The SMILES string of the molecule is CCCNc1ncc(C)c(N(CCOC)CC(C)C)n1. The van der Waals surface area contributed by atoms with Crippen molar-refractivity contribution in [3.05, 3.63) is 11.8 Å². The number of aromatic nitrogens is 2. The van der Waals surface area contributed by atoms with Gasteiger partial charge >= 0.3 is 0 Å². The van der Waals surface area contributed by atoms with Crippen molar-refractivity contribution in [2.24, 2.45) is 5.92 Å². The molecule has 0 aromatic carbocycles. The predicted octanol–water partition coefficient (Wildman–Crippen LogP) is 2.72. The lowest BCUT2D eigenvalue weighted by molar-refractivity contribution is 0.204. The van der Waals surface area contributed by atoms with Crippen molar-refractivity contribution in [1.82, 2.24) is 9.97 Å². The van der Waals surface area contributed by atoms with E-state index < -0.39 is 0 Å². The molecule has 1 N–H and O–H groups in total. The molecular formula is C15H28N4O. The van der Waals surface area contributed by atoms with Gasteiger partial charge in [-0.15, -0.1) is 0 Å². The first-order valence-electron chi connectivity index (χ1n) is 7.39. The van der Waals surface area contributed by atoms with E-state index in [9.17, 15) is 0 Å². The number of nitrogens with one attached hydrogen (secondary N) is 1. The quantitative estimate of drug-likeness (QED) is 0.753. The summed E-state index contributed by atoms with van der Waals surface area (Å²) in [5.74, 6) is 2.29. The molecule has 5 heteroatoms. The van der Waals surface area contributed by atoms with Crippen LogP contribution in [0.4, 0.5) is 11.8 Å². The van der Waals surface area contributed by atoms with Crippen LogP contribution in [-0.4, -0.2) is 43.3 Å². The Balaban J connectivity index is 2.91. The minimum atomic E-state index is 0.577. The molecule has 0 aliphatic carbocycles. The molecule has 0 amide bonds. The maximum atomic E-state index is 5.21. The van der Waals surface area contributed by atoms with E-state index in [1.165, 1.54) is 0 Å². The summed E-state index contributed by atoms with van der Waals surface area (Å²) in [7, 11) is 1.73. The number of rotatable bonds is 9. The van der Waals surface area contributed by atoms with Crippen molar-refractivity contribution in [3.8, 4) is 0 Å². The number of methoxy groups -OCH3 is 1. The van der Waals surface area contributed by atoms with Crippen molar-refractivity contribution >= 4 is 11.8 Å². The molecule has 1 rings (SSSR count). The second kappa shape index (κ2) is 8.74. The van der Waals surface area contributed by atoms with Crippen LogP contribution < -0.4 is 10.2 Å². The van der Waals surface area contributed by atoms with Gasteiger partial charge in [0, 0.05) is 38.5 Å². The first-order chi connectivity index (χ1) is 9.58. The monoisotopic (exact) mass is 280 g/mol. The number of nitrogens with zero attached hydrogens (tertiary/aromatic N) is 3. The number of hydrogen-bond donors (Lipinski definition) is 1. The zero-order chi connectivity index (χ0) is 15.0. The van der Waals surface area contributed by atoms with E-state index in [0.29, 0.717) is 18.5 Å².